The number of hydrogen-bond donors (Lipinski definition) is 1. The fourth-order valence-electron chi connectivity index (χ4n) is 3.40. The Bertz CT molecular complexity index is 942. The van der Waals surface area contributed by atoms with Crippen LogP contribution in [0.1, 0.15) is 34.6 Å². The van der Waals surface area contributed by atoms with Gasteiger partial charge in [0.2, 0.25) is 0 Å². The van der Waals surface area contributed by atoms with E-state index in [2.05, 4.69) is 37.6 Å². The van der Waals surface area contributed by atoms with Crippen molar-refractivity contribution in [2.24, 2.45) is 7.05 Å². The molecule has 1 saturated heterocycles. The summed E-state index contributed by atoms with van der Waals surface area (Å²) in [5.41, 5.74) is 3.65. The molecule has 26 heavy (non-hydrogen) atoms. The molecule has 1 amide bonds. The van der Waals surface area contributed by atoms with Gasteiger partial charge in [0, 0.05) is 31.9 Å². The monoisotopic (exact) mass is 370 g/mol. The third kappa shape index (κ3) is 3.05. The molecule has 0 aliphatic carbocycles. The molecule has 4 rings (SSSR count). The lowest BCUT2D eigenvalue weighted by atomic mass is 10.1. The number of carbonyl (C=O) groups is 1. The summed E-state index contributed by atoms with van der Waals surface area (Å²) in [5, 5.41) is 9.52. The molecule has 1 unspecified atom stereocenters. The second-order valence-corrected chi connectivity index (χ2v) is 7.73. The molecule has 1 N–H and O–H groups in total. The van der Waals surface area contributed by atoms with Crippen LogP contribution in [0.25, 0.3) is 10.2 Å². The molecule has 3 aromatic heterocycles. The highest BCUT2D eigenvalue weighted by atomic mass is 32.1. The first-order valence-electron chi connectivity index (χ1n) is 8.78. The molecule has 136 valence electrons. The SMILES string of the molecule is Cc1csc2c(N3CCCC(NC(=O)c4cc(C)n(C)n4)C3)ncnc12. The molecule has 0 bridgehead atoms. The van der Waals surface area contributed by atoms with Crippen LogP contribution >= 0.6 is 11.3 Å². The summed E-state index contributed by atoms with van der Waals surface area (Å²) in [7, 11) is 1.85. The van der Waals surface area contributed by atoms with Crippen LogP contribution < -0.4 is 10.2 Å². The fourth-order valence-corrected chi connectivity index (χ4v) is 4.42. The highest BCUT2D eigenvalue weighted by molar-refractivity contribution is 7.18. The van der Waals surface area contributed by atoms with Crippen LogP contribution in [0.4, 0.5) is 5.82 Å². The van der Waals surface area contributed by atoms with Crippen LogP contribution in [0.3, 0.4) is 0 Å². The lowest BCUT2D eigenvalue weighted by molar-refractivity contribution is 0.0927. The van der Waals surface area contributed by atoms with Gasteiger partial charge in [-0.3, -0.25) is 9.48 Å². The van der Waals surface area contributed by atoms with E-state index in [9.17, 15) is 4.79 Å². The minimum Gasteiger partial charge on any atom is -0.353 e. The van der Waals surface area contributed by atoms with Gasteiger partial charge in [-0.25, -0.2) is 9.97 Å². The number of nitrogens with one attached hydrogen (secondary N) is 1. The predicted octanol–water partition coefficient (Wildman–Crippen LogP) is 2.44. The van der Waals surface area contributed by atoms with Crippen LogP contribution in [0.2, 0.25) is 0 Å². The fraction of sp³-hybridized carbons (Fsp3) is 0.444. The van der Waals surface area contributed by atoms with E-state index in [0.29, 0.717) is 5.69 Å². The van der Waals surface area contributed by atoms with Gasteiger partial charge in [-0.05, 0) is 43.7 Å². The van der Waals surface area contributed by atoms with Crippen molar-refractivity contribution >= 4 is 33.3 Å². The highest BCUT2D eigenvalue weighted by Crippen LogP contribution is 2.32. The van der Waals surface area contributed by atoms with Gasteiger partial charge in [0.25, 0.3) is 5.91 Å². The number of anilines is 1. The van der Waals surface area contributed by atoms with E-state index >= 15 is 0 Å². The second kappa shape index (κ2) is 6.68. The molecule has 0 radical (unpaired) electrons. The molecule has 0 saturated carbocycles. The molecule has 1 aliphatic heterocycles. The van der Waals surface area contributed by atoms with Crippen molar-refractivity contribution in [3.63, 3.8) is 0 Å². The number of nitrogens with zero attached hydrogens (tertiary/aromatic N) is 5. The first kappa shape index (κ1) is 17.0. The number of thiophene rings is 1. The number of hydrogen-bond acceptors (Lipinski definition) is 6. The minimum absolute atomic E-state index is 0.0876. The molecule has 3 aromatic rings. The Morgan fingerprint density at radius 2 is 2.19 bits per heavy atom. The highest BCUT2D eigenvalue weighted by Gasteiger charge is 2.25. The molecule has 0 aromatic carbocycles. The molecule has 1 aliphatic rings. The smallest absolute Gasteiger partial charge is 0.272 e. The van der Waals surface area contributed by atoms with E-state index in [1.807, 2.05) is 20.0 Å². The third-order valence-corrected chi connectivity index (χ3v) is 6.00. The Labute approximate surface area is 156 Å². The maximum Gasteiger partial charge on any atom is 0.272 e. The van der Waals surface area contributed by atoms with Gasteiger partial charge in [-0.15, -0.1) is 11.3 Å². The van der Waals surface area contributed by atoms with Crippen molar-refractivity contribution in [2.45, 2.75) is 32.7 Å². The number of carbonyl (C=O) groups excluding carboxylic acids is 1. The molecule has 4 heterocycles. The molecule has 1 atom stereocenters. The molecule has 8 heteroatoms. The van der Waals surface area contributed by atoms with Gasteiger partial charge in [0.1, 0.15) is 17.8 Å². The summed E-state index contributed by atoms with van der Waals surface area (Å²) >= 11 is 1.68. The Kier molecular flexibility index (Phi) is 4.36. The van der Waals surface area contributed by atoms with Gasteiger partial charge < -0.3 is 10.2 Å². The summed E-state index contributed by atoms with van der Waals surface area (Å²) in [4.78, 5) is 23.7. The van der Waals surface area contributed by atoms with Crippen molar-refractivity contribution in [3.05, 3.63) is 34.7 Å². The number of piperidine rings is 1. The van der Waals surface area contributed by atoms with Crippen LogP contribution in [-0.4, -0.2) is 44.8 Å². The standard InChI is InChI=1S/C18H22N6OS/c1-11-9-26-16-15(11)19-10-20-17(16)24-6-4-5-13(8-24)21-18(25)14-7-12(2)23(3)22-14/h7,9-10,13H,4-6,8H2,1-3H3,(H,21,25). The lowest BCUT2D eigenvalue weighted by Gasteiger charge is -2.34. The van der Waals surface area contributed by atoms with Crippen LogP contribution in [-0.2, 0) is 7.05 Å². The maximum atomic E-state index is 12.5. The second-order valence-electron chi connectivity index (χ2n) is 6.85. The van der Waals surface area contributed by atoms with Crippen molar-refractivity contribution < 1.29 is 4.79 Å². The third-order valence-electron chi connectivity index (χ3n) is 4.91. The number of aromatic nitrogens is 4. The average Bonchev–Trinajstić information content (AvgIpc) is 3.18. The van der Waals surface area contributed by atoms with Gasteiger partial charge in [-0.1, -0.05) is 0 Å². The van der Waals surface area contributed by atoms with Gasteiger partial charge >= 0.3 is 0 Å². The van der Waals surface area contributed by atoms with Crippen molar-refractivity contribution in [3.8, 4) is 0 Å². The minimum atomic E-state index is -0.111. The Hall–Kier alpha value is -2.48. The van der Waals surface area contributed by atoms with Crippen molar-refractivity contribution in [2.75, 3.05) is 18.0 Å². The van der Waals surface area contributed by atoms with Gasteiger partial charge in [0.15, 0.2) is 0 Å². The largest absolute Gasteiger partial charge is 0.353 e. The zero-order chi connectivity index (χ0) is 18.3. The van der Waals surface area contributed by atoms with E-state index in [4.69, 9.17) is 0 Å². The Balaban J connectivity index is 1.51. The summed E-state index contributed by atoms with van der Waals surface area (Å²) in [6.45, 7) is 5.71. The Morgan fingerprint density at radius 3 is 2.96 bits per heavy atom. The van der Waals surface area contributed by atoms with Crippen LogP contribution in [0, 0.1) is 13.8 Å². The molecule has 0 spiro atoms. The van der Waals surface area contributed by atoms with Crippen LogP contribution in [0.15, 0.2) is 17.8 Å². The molecule has 7 nitrogen and oxygen atoms in total. The zero-order valence-electron chi connectivity index (χ0n) is 15.2. The zero-order valence-corrected chi connectivity index (χ0v) is 16.0. The Morgan fingerprint density at radius 1 is 1.35 bits per heavy atom. The number of rotatable bonds is 3. The number of fused-ring (bicyclic) bond motifs is 1. The summed E-state index contributed by atoms with van der Waals surface area (Å²) in [6, 6.07) is 1.91. The van der Waals surface area contributed by atoms with Gasteiger partial charge in [0.05, 0.1) is 10.2 Å². The first-order valence-corrected chi connectivity index (χ1v) is 9.66. The topological polar surface area (TPSA) is 75.9 Å². The predicted molar refractivity (Wildman–Crippen MR) is 103 cm³/mol. The summed E-state index contributed by atoms with van der Waals surface area (Å²) < 4.78 is 2.84. The quantitative estimate of drug-likeness (QED) is 0.766. The van der Waals surface area contributed by atoms with E-state index in [1.54, 1.807) is 22.3 Å². The maximum absolute atomic E-state index is 12.5. The first-order chi connectivity index (χ1) is 12.5. The van der Waals surface area contributed by atoms with Crippen molar-refractivity contribution in [1.29, 1.82) is 0 Å². The van der Waals surface area contributed by atoms with E-state index < -0.39 is 0 Å². The molecular formula is C18H22N6OS. The number of amides is 1. The van der Waals surface area contributed by atoms with Crippen molar-refractivity contribution in [1.82, 2.24) is 25.1 Å². The molecular weight excluding hydrogens is 348 g/mol. The van der Waals surface area contributed by atoms with E-state index in [1.165, 1.54) is 5.56 Å². The summed E-state index contributed by atoms with van der Waals surface area (Å²) in [6.07, 6.45) is 3.62. The average molecular weight is 370 g/mol. The van der Waals surface area contributed by atoms with Gasteiger partial charge in [-0.2, -0.15) is 5.10 Å². The van der Waals surface area contributed by atoms with E-state index in [0.717, 1.165) is 47.7 Å². The van der Waals surface area contributed by atoms with E-state index in [-0.39, 0.29) is 11.9 Å². The number of aryl methyl sites for hydroxylation is 3. The van der Waals surface area contributed by atoms with Crippen LogP contribution in [0.5, 0.6) is 0 Å². The molecule has 1 fully saturated rings. The summed E-state index contributed by atoms with van der Waals surface area (Å²) in [5.74, 6) is 0.862. The normalized spacial score (nSPS) is 17.7. The lowest BCUT2D eigenvalue weighted by Crippen LogP contribution is -2.48.